The molecule has 112 valence electrons. The first-order valence-corrected chi connectivity index (χ1v) is 7.86. The molecule has 0 radical (unpaired) electrons. The second-order valence-corrected chi connectivity index (χ2v) is 6.46. The van der Waals surface area contributed by atoms with Crippen LogP contribution in [-0.4, -0.2) is 47.3 Å². The minimum absolute atomic E-state index is 0.161. The van der Waals surface area contributed by atoms with Crippen LogP contribution in [0.15, 0.2) is 17.5 Å². The van der Waals surface area contributed by atoms with Gasteiger partial charge in [-0.1, -0.05) is 6.07 Å². The molecule has 21 heavy (non-hydrogen) atoms. The summed E-state index contributed by atoms with van der Waals surface area (Å²) in [4.78, 5) is 40.3. The molecule has 2 aliphatic heterocycles. The average Bonchev–Trinajstić information content (AvgIpc) is 3.17. The van der Waals surface area contributed by atoms with Gasteiger partial charge >= 0.3 is 6.03 Å². The van der Waals surface area contributed by atoms with E-state index in [0.29, 0.717) is 13.1 Å². The normalized spacial score (nSPS) is 25.6. The lowest BCUT2D eigenvalue weighted by molar-refractivity contribution is -0.138. The van der Waals surface area contributed by atoms with Crippen LogP contribution in [0.1, 0.15) is 24.6 Å². The molecular weight excluding hydrogens is 290 g/mol. The Labute approximate surface area is 126 Å². The van der Waals surface area contributed by atoms with E-state index in [2.05, 4.69) is 5.32 Å². The molecule has 0 aliphatic carbocycles. The Hall–Kier alpha value is -1.89. The van der Waals surface area contributed by atoms with Crippen molar-refractivity contribution < 1.29 is 14.4 Å². The maximum absolute atomic E-state index is 12.6. The number of rotatable bonds is 3. The number of hydrogen-bond donors (Lipinski definition) is 1. The summed E-state index contributed by atoms with van der Waals surface area (Å²) in [6, 6.07) is 3.15. The standard InChI is InChI=1S/C14H17N3O3S/c1-14(10-5-4-8-21-10)12(19)17(13(20)15-14)9-11(18)16-6-2-3-7-16/h4-5,8H,2-3,6-7,9H2,1H3,(H,15,20). The van der Waals surface area contributed by atoms with Gasteiger partial charge in [-0.05, 0) is 31.2 Å². The summed E-state index contributed by atoms with van der Waals surface area (Å²) in [6.45, 7) is 2.93. The Balaban J connectivity index is 1.76. The maximum Gasteiger partial charge on any atom is 0.325 e. The minimum atomic E-state index is -1.06. The zero-order valence-electron chi connectivity index (χ0n) is 11.8. The van der Waals surface area contributed by atoms with Gasteiger partial charge < -0.3 is 10.2 Å². The van der Waals surface area contributed by atoms with E-state index in [4.69, 9.17) is 0 Å². The van der Waals surface area contributed by atoms with Crippen molar-refractivity contribution >= 4 is 29.2 Å². The van der Waals surface area contributed by atoms with E-state index in [1.54, 1.807) is 11.8 Å². The van der Waals surface area contributed by atoms with Gasteiger partial charge in [0.1, 0.15) is 6.54 Å². The van der Waals surface area contributed by atoms with Crippen molar-refractivity contribution in [1.82, 2.24) is 15.1 Å². The summed E-state index contributed by atoms with van der Waals surface area (Å²) in [6.07, 6.45) is 1.97. The minimum Gasteiger partial charge on any atom is -0.341 e. The Kier molecular flexibility index (Phi) is 3.44. The van der Waals surface area contributed by atoms with Crippen molar-refractivity contribution in [3.63, 3.8) is 0 Å². The van der Waals surface area contributed by atoms with Crippen LogP contribution in [0, 0.1) is 0 Å². The van der Waals surface area contributed by atoms with Crippen LogP contribution in [0.25, 0.3) is 0 Å². The first-order valence-electron chi connectivity index (χ1n) is 6.98. The predicted octanol–water partition coefficient (Wildman–Crippen LogP) is 1.14. The van der Waals surface area contributed by atoms with Crippen molar-refractivity contribution in [3.8, 4) is 0 Å². The molecule has 1 aromatic rings. The van der Waals surface area contributed by atoms with Gasteiger partial charge in [-0.3, -0.25) is 14.5 Å². The molecule has 1 unspecified atom stereocenters. The van der Waals surface area contributed by atoms with E-state index < -0.39 is 11.6 Å². The number of likely N-dealkylation sites (tertiary alicyclic amines) is 1. The van der Waals surface area contributed by atoms with Crippen LogP contribution in [0.4, 0.5) is 4.79 Å². The molecule has 4 amide bonds. The zero-order chi connectivity index (χ0) is 15.0. The summed E-state index contributed by atoms with van der Waals surface area (Å²) in [5.74, 6) is -0.520. The molecule has 0 spiro atoms. The van der Waals surface area contributed by atoms with Gasteiger partial charge in [0.15, 0.2) is 5.54 Å². The summed E-state index contributed by atoms with van der Waals surface area (Å²) in [5, 5.41) is 4.56. The highest BCUT2D eigenvalue weighted by atomic mass is 32.1. The van der Waals surface area contributed by atoms with Gasteiger partial charge in [0.2, 0.25) is 5.91 Å². The van der Waals surface area contributed by atoms with E-state index in [9.17, 15) is 14.4 Å². The molecule has 0 bridgehead atoms. The number of thiophene rings is 1. The quantitative estimate of drug-likeness (QED) is 0.851. The van der Waals surface area contributed by atoms with Crippen LogP contribution in [0.5, 0.6) is 0 Å². The third-order valence-electron chi connectivity index (χ3n) is 4.04. The van der Waals surface area contributed by atoms with Crippen LogP contribution in [0.2, 0.25) is 0 Å². The van der Waals surface area contributed by atoms with Crippen molar-refractivity contribution in [2.24, 2.45) is 0 Å². The molecule has 2 aliphatic rings. The molecule has 1 aromatic heterocycles. The van der Waals surface area contributed by atoms with E-state index in [1.807, 2.05) is 17.5 Å². The van der Waals surface area contributed by atoms with Crippen molar-refractivity contribution in [3.05, 3.63) is 22.4 Å². The highest BCUT2D eigenvalue weighted by Gasteiger charge is 2.50. The van der Waals surface area contributed by atoms with Gasteiger partial charge in [0.25, 0.3) is 5.91 Å². The monoisotopic (exact) mass is 307 g/mol. The van der Waals surface area contributed by atoms with Crippen molar-refractivity contribution in [2.75, 3.05) is 19.6 Å². The Morgan fingerprint density at radius 3 is 2.71 bits per heavy atom. The summed E-state index contributed by atoms with van der Waals surface area (Å²) in [7, 11) is 0. The molecule has 6 nitrogen and oxygen atoms in total. The number of carbonyl (C=O) groups excluding carboxylic acids is 3. The second kappa shape index (κ2) is 5.14. The zero-order valence-corrected chi connectivity index (χ0v) is 12.6. The maximum atomic E-state index is 12.6. The summed E-state index contributed by atoms with van der Waals surface area (Å²) >= 11 is 1.41. The lowest BCUT2D eigenvalue weighted by Crippen LogP contribution is -2.43. The van der Waals surface area contributed by atoms with Crippen LogP contribution >= 0.6 is 11.3 Å². The SMILES string of the molecule is CC1(c2cccs2)NC(=O)N(CC(=O)N2CCCC2)C1=O. The highest BCUT2D eigenvalue weighted by Crippen LogP contribution is 2.31. The predicted molar refractivity (Wildman–Crippen MR) is 77.7 cm³/mol. The lowest BCUT2D eigenvalue weighted by Gasteiger charge is -2.21. The smallest absolute Gasteiger partial charge is 0.325 e. The molecule has 1 atom stereocenters. The summed E-state index contributed by atoms with van der Waals surface area (Å²) in [5.41, 5.74) is -1.06. The number of nitrogens with one attached hydrogen (secondary N) is 1. The summed E-state index contributed by atoms with van der Waals surface area (Å²) < 4.78 is 0. The third kappa shape index (κ3) is 2.31. The van der Waals surface area contributed by atoms with E-state index in [1.165, 1.54) is 11.3 Å². The number of carbonyl (C=O) groups is 3. The molecule has 1 N–H and O–H groups in total. The highest BCUT2D eigenvalue weighted by molar-refractivity contribution is 7.10. The third-order valence-corrected chi connectivity index (χ3v) is 5.13. The number of imide groups is 1. The van der Waals surface area contributed by atoms with Crippen LogP contribution < -0.4 is 5.32 Å². The molecule has 3 heterocycles. The largest absolute Gasteiger partial charge is 0.341 e. The average molecular weight is 307 g/mol. The van der Waals surface area contributed by atoms with Crippen molar-refractivity contribution in [2.45, 2.75) is 25.3 Å². The Bertz CT molecular complexity index is 580. The molecular formula is C14H17N3O3S. The molecule has 7 heteroatoms. The number of nitrogens with zero attached hydrogens (tertiary/aromatic N) is 2. The fourth-order valence-electron chi connectivity index (χ4n) is 2.77. The van der Waals surface area contributed by atoms with Crippen LogP contribution in [0.3, 0.4) is 0 Å². The molecule has 3 rings (SSSR count). The first kappa shape index (κ1) is 14.1. The fraction of sp³-hybridized carbons (Fsp3) is 0.500. The van der Waals surface area contributed by atoms with Gasteiger partial charge in [-0.2, -0.15) is 0 Å². The van der Waals surface area contributed by atoms with E-state index in [-0.39, 0.29) is 18.4 Å². The number of amides is 4. The molecule has 2 fully saturated rings. The molecule has 0 saturated carbocycles. The van der Waals surface area contributed by atoms with E-state index >= 15 is 0 Å². The van der Waals surface area contributed by atoms with E-state index in [0.717, 1.165) is 22.6 Å². The van der Waals surface area contributed by atoms with Gasteiger partial charge in [-0.25, -0.2) is 4.79 Å². The van der Waals surface area contributed by atoms with Gasteiger partial charge in [0, 0.05) is 18.0 Å². The van der Waals surface area contributed by atoms with Gasteiger partial charge in [-0.15, -0.1) is 11.3 Å². The lowest BCUT2D eigenvalue weighted by atomic mass is 10.0. The number of hydrogen-bond acceptors (Lipinski definition) is 4. The molecule has 2 saturated heterocycles. The number of urea groups is 1. The first-order chi connectivity index (χ1) is 10.0. The fourth-order valence-corrected chi connectivity index (χ4v) is 3.61. The Morgan fingerprint density at radius 2 is 2.10 bits per heavy atom. The second-order valence-electron chi connectivity index (χ2n) is 5.51. The molecule has 0 aromatic carbocycles. The Morgan fingerprint density at radius 1 is 1.38 bits per heavy atom. The topological polar surface area (TPSA) is 69.7 Å². The van der Waals surface area contributed by atoms with Crippen molar-refractivity contribution in [1.29, 1.82) is 0 Å². The van der Waals surface area contributed by atoms with Crippen LogP contribution in [-0.2, 0) is 15.1 Å². The van der Waals surface area contributed by atoms with Gasteiger partial charge in [0.05, 0.1) is 0 Å².